The second kappa shape index (κ2) is 7.79. The normalized spacial score (nSPS) is 14.5. The fourth-order valence-electron chi connectivity index (χ4n) is 2.70. The van der Waals surface area contributed by atoms with E-state index < -0.39 is 0 Å². The monoisotopic (exact) mass is 337 g/mol. The second-order valence-electron chi connectivity index (χ2n) is 6.51. The molecule has 0 saturated carbocycles. The number of rotatable bonds is 5. The zero-order chi connectivity index (χ0) is 17.6. The minimum absolute atomic E-state index is 0.568. The Morgan fingerprint density at radius 1 is 1.12 bits per heavy atom. The van der Waals surface area contributed by atoms with E-state index in [1.807, 2.05) is 12.1 Å². The minimum Gasteiger partial charge on any atom is -0.370 e. The predicted octanol–water partition coefficient (Wildman–Crippen LogP) is 2.14. The van der Waals surface area contributed by atoms with Crippen molar-refractivity contribution >= 4 is 17.6 Å². The number of nitrogens with zero attached hydrogens (tertiary/aromatic N) is 6. The molecule has 0 aromatic carbocycles. The van der Waals surface area contributed by atoms with Gasteiger partial charge >= 0.3 is 0 Å². The van der Waals surface area contributed by atoms with Gasteiger partial charge in [0.15, 0.2) is 0 Å². The maximum atomic E-state index is 9.03. The molecular weight excluding hydrogens is 314 g/mol. The fourth-order valence-corrected chi connectivity index (χ4v) is 2.70. The van der Waals surface area contributed by atoms with Gasteiger partial charge in [-0.05, 0) is 24.1 Å². The molecular formula is C18H23N7. The third-order valence-corrected chi connectivity index (χ3v) is 4.10. The summed E-state index contributed by atoms with van der Waals surface area (Å²) >= 11 is 0. The van der Waals surface area contributed by atoms with E-state index in [1.165, 1.54) is 0 Å². The van der Waals surface area contributed by atoms with Crippen molar-refractivity contribution in [3.63, 3.8) is 0 Å². The number of pyridine rings is 1. The Labute approximate surface area is 148 Å². The summed E-state index contributed by atoms with van der Waals surface area (Å²) in [7, 11) is 0. The van der Waals surface area contributed by atoms with Crippen LogP contribution >= 0.6 is 0 Å². The molecule has 1 aliphatic heterocycles. The van der Waals surface area contributed by atoms with Crippen LogP contribution in [0.5, 0.6) is 0 Å². The summed E-state index contributed by atoms with van der Waals surface area (Å²) in [6.07, 6.45) is 3.49. The third-order valence-electron chi connectivity index (χ3n) is 4.10. The number of aromatic nitrogens is 3. The van der Waals surface area contributed by atoms with Crippen molar-refractivity contribution in [1.29, 1.82) is 5.26 Å². The summed E-state index contributed by atoms with van der Waals surface area (Å²) in [6, 6.07) is 7.63. The molecule has 3 rings (SSSR count). The minimum atomic E-state index is 0.568. The molecule has 2 aromatic rings. The van der Waals surface area contributed by atoms with Gasteiger partial charge in [0, 0.05) is 45.1 Å². The first-order valence-electron chi connectivity index (χ1n) is 8.58. The molecule has 130 valence electrons. The van der Waals surface area contributed by atoms with Crippen LogP contribution in [0, 0.1) is 17.2 Å². The van der Waals surface area contributed by atoms with Crippen molar-refractivity contribution in [2.24, 2.45) is 5.92 Å². The topological polar surface area (TPSA) is 81.0 Å². The zero-order valence-electron chi connectivity index (χ0n) is 14.7. The maximum Gasteiger partial charge on any atom is 0.227 e. The average Bonchev–Trinajstić information content (AvgIpc) is 2.67. The summed E-state index contributed by atoms with van der Waals surface area (Å²) in [5, 5.41) is 12.4. The lowest BCUT2D eigenvalue weighted by Gasteiger charge is -2.35. The SMILES string of the molecule is CC(C)CNc1ccnc(N2CCN(c3cc(C#N)ccn3)CC2)n1. The summed E-state index contributed by atoms with van der Waals surface area (Å²) in [5.41, 5.74) is 0.639. The first kappa shape index (κ1) is 17.0. The summed E-state index contributed by atoms with van der Waals surface area (Å²) in [4.78, 5) is 17.8. The van der Waals surface area contributed by atoms with Gasteiger partial charge < -0.3 is 15.1 Å². The molecule has 3 heterocycles. The molecule has 7 nitrogen and oxygen atoms in total. The van der Waals surface area contributed by atoms with Crippen LogP contribution in [0.2, 0.25) is 0 Å². The van der Waals surface area contributed by atoms with Crippen molar-refractivity contribution in [3.8, 4) is 6.07 Å². The van der Waals surface area contributed by atoms with Crippen LogP contribution in [0.1, 0.15) is 19.4 Å². The first-order valence-corrected chi connectivity index (χ1v) is 8.58. The Morgan fingerprint density at radius 2 is 1.84 bits per heavy atom. The Morgan fingerprint density at radius 3 is 2.56 bits per heavy atom. The lowest BCUT2D eigenvalue weighted by molar-refractivity contribution is 0.634. The predicted molar refractivity (Wildman–Crippen MR) is 98.7 cm³/mol. The molecule has 0 bridgehead atoms. The maximum absolute atomic E-state index is 9.03. The van der Waals surface area contributed by atoms with Gasteiger partial charge in [0.25, 0.3) is 0 Å². The van der Waals surface area contributed by atoms with Crippen molar-refractivity contribution in [1.82, 2.24) is 15.0 Å². The van der Waals surface area contributed by atoms with Gasteiger partial charge in [0.2, 0.25) is 5.95 Å². The van der Waals surface area contributed by atoms with Crippen LogP contribution in [0.4, 0.5) is 17.6 Å². The molecule has 0 spiro atoms. The molecule has 0 aliphatic carbocycles. The van der Waals surface area contributed by atoms with E-state index in [4.69, 9.17) is 5.26 Å². The van der Waals surface area contributed by atoms with E-state index >= 15 is 0 Å². The molecule has 1 fully saturated rings. The highest BCUT2D eigenvalue weighted by Gasteiger charge is 2.20. The molecule has 0 atom stereocenters. The summed E-state index contributed by atoms with van der Waals surface area (Å²) in [5.74, 6) is 3.04. The molecule has 0 amide bonds. The van der Waals surface area contributed by atoms with Crippen LogP contribution in [-0.2, 0) is 0 Å². The summed E-state index contributed by atoms with van der Waals surface area (Å²) < 4.78 is 0. The van der Waals surface area contributed by atoms with Crippen LogP contribution in [0.3, 0.4) is 0 Å². The van der Waals surface area contributed by atoms with E-state index in [0.29, 0.717) is 11.5 Å². The average molecular weight is 337 g/mol. The van der Waals surface area contributed by atoms with Crippen LogP contribution < -0.4 is 15.1 Å². The number of hydrogen-bond donors (Lipinski definition) is 1. The Balaban J connectivity index is 1.62. The van der Waals surface area contributed by atoms with E-state index in [1.54, 1.807) is 18.5 Å². The van der Waals surface area contributed by atoms with Crippen molar-refractivity contribution in [2.75, 3.05) is 47.8 Å². The molecule has 25 heavy (non-hydrogen) atoms. The molecule has 2 aromatic heterocycles. The number of hydrogen-bond acceptors (Lipinski definition) is 7. The van der Waals surface area contributed by atoms with E-state index in [-0.39, 0.29) is 0 Å². The van der Waals surface area contributed by atoms with E-state index in [9.17, 15) is 0 Å². The van der Waals surface area contributed by atoms with Crippen LogP contribution in [0.25, 0.3) is 0 Å². The van der Waals surface area contributed by atoms with Crippen LogP contribution in [-0.4, -0.2) is 47.7 Å². The highest BCUT2D eigenvalue weighted by atomic mass is 15.3. The van der Waals surface area contributed by atoms with Gasteiger partial charge in [-0.15, -0.1) is 0 Å². The Bertz CT molecular complexity index is 745. The van der Waals surface area contributed by atoms with Crippen molar-refractivity contribution < 1.29 is 0 Å². The number of piperazine rings is 1. The lowest BCUT2D eigenvalue weighted by Crippen LogP contribution is -2.47. The highest BCUT2D eigenvalue weighted by Crippen LogP contribution is 2.18. The zero-order valence-corrected chi connectivity index (χ0v) is 14.7. The van der Waals surface area contributed by atoms with Gasteiger partial charge in [-0.3, -0.25) is 0 Å². The number of nitrogens with one attached hydrogen (secondary N) is 1. The highest BCUT2D eigenvalue weighted by molar-refractivity contribution is 5.48. The fraction of sp³-hybridized carbons (Fsp3) is 0.444. The van der Waals surface area contributed by atoms with E-state index in [0.717, 1.165) is 50.3 Å². The molecule has 1 saturated heterocycles. The van der Waals surface area contributed by atoms with Gasteiger partial charge in [-0.1, -0.05) is 13.8 Å². The standard InChI is InChI=1S/C18H23N7/c1-14(2)13-22-16-4-6-21-18(23-16)25-9-7-24(8-10-25)17-11-15(12-19)3-5-20-17/h3-6,11,14H,7-10,13H2,1-2H3,(H,21,22,23). The van der Waals surface area contributed by atoms with E-state index in [2.05, 4.69) is 50.0 Å². The van der Waals surface area contributed by atoms with Crippen molar-refractivity contribution in [2.45, 2.75) is 13.8 Å². The second-order valence-corrected chi connectivity index (χ2v) is 6.51. The van der Waals surface area contributed by atoms with Crippen LogP contribution in [0.15, 0.2) is 30.6 Å². The molecule has 1 aliphatic rings. The Kier molecular flexibility index (Phi) is 5.29. The Hall–Kier alpha value is -2.88. The van der Waals surface area contributed by atoms with Gasteiger partial charge in [0.1, 0.15) is 11.6 Å². The number of anilines is 3. The molecule has 0 radical (unpaired) electrons. The lowest BCUT2D eigenvalue weighted by atomic mass is 10.2. The largest absolute Gasteiger partial charge is 0.370 e. The van der Waals surface area contributed by atoms with Crippen molar-refractivity contribution in [3.05, 3.63) is 36.2 Å². The third kappa shape index (κ3) is 4.35. The number of nitriles is 1. The molecule has 0 unspecified atom stereocenters. The summed E-state index contributed by atoms with van der Waals surface area (Å²) in [6.45, 7) is 8.54. The smallest absolute Gasteiger partial charge is 0.227 e. The van der Waals surface area contributed by atoms with Gasteiger partial charge in [-0.2, -0.15) is 10.2 Å². The van der Waals surface area contributed by atoms with Gasteiger partial charge in [0.05, 0.1) is 11.6 Å². The quantitative estimate of drug-likeness (QED) is 0.895. The molecule has 1 N–H and O–H groups in total. The van der Waals surface area contributed by atoms with Gasteiger partial charge in [-0.25, -0.2) is 9.97 Å². The molecule has 7 heteroatoms. The first-order chi connectivity index (χ1) is 12.2.